The van der Waals surface area contributed by atoms with Crippen LogP contribution >= 0.6 is 0 Å². The van der Waals surface area contributed by atoms with Gasteiger partial charge in [-0.25, -0.2) is 0 Å². The largest absolute Gasteiger partial charge is 0.481 e. The molecule has 20 heavy (non-hydrogen) atoms. The van der Waals surface area contributed by atoms with Crippen LogP contribution in [-0.2, 0) is 4.79 Å². The second-order valence-electron chi connectivity index (χ2n) is 4.55. The van der Waals surface area contributed by atoms with Gasteiger partial charge in [-0.2, -0.15) is 0 Å². The minimum atomic E-state index is -0.906. The lowest BCUT2D eigenvalue weighted by atomic mass is 10.1. The Labute approximate surface area is 115 Å². The highest BCUT2D eigenvalue weighted by molar-refractivity contribution is 6.06. The monoisotopic (exact) mass is 273 g/mol. The number of nitrogens with zero attached hydrogens (tertiary/aromatic N) is 1. The minimum Gasteiger partial charge on any atom is -0.481 e. The third-order valence-electron chi connectivity index (χ3n) is 3.05. The van der Waals surface area contributed by atoms with Crippen LogP contribution in [-0.4, -0.2) is 28.5 Å². The number of benzene rings is 1. The molecule has 0 saturated carbocycles. The SMILES string of the molecule is CC(CNc1c(C(N)=O)cnc2ccccc12)C(=O)O. The summed E-state index contributed by atoms with van der Waals surface area (Å²) >= 11 is 0. The lowest BCUT2D eigenvalue weighted by Gasteiger charge is -2.14. The number of aliphatic carboxylic acids is 1. The molecule has 2 aromatic rings. The van der Waals surface area contributed by atoms with Crippen LogP contribution in [0.15, 0.2) is 30.5 Å². The number of aromatic nitrogens is 1. The van der Waals surface area contributed by atoms with Gasteiger partial charge >= 0.3 is 5.97 Å². The van der Waals surface area contributed by atoms with Crippen molar-refractivity contribution in [2.24, 2.45) is 11.7 Å². The molecule has 104 valence electrons. The van der Waals surface area contributed by atoms with Crippen molar-refractivity contribution in [3.05, 3.63) is 36.0 Å². The molecule has 4 N–H and O–H groups in total. The predicted molar refractivity (Wildman–Crippen MR) is 75.6 cm³/mol. The van der Waals surface area contributed by atoms with E-state index >= 15 is 0 Å². The van der Waals surface area contributed by atoms with Crippen LogP contribution in [0.25, 0.3) is 10.9 Å². The van der Waals surface area contributed by atoms with E-state index in [2.05, 4.69) is 10.3 Å². The number of anilines is 1. The molecule has 1 atom stereocenters. The Kier molecular flexibility index (Phi) is 3.84. The van der Waals surface area contributed by atoms with Crippen molar-refractivity contribution in [1.82, 2.24) is 4.98 Å². The zero-order chi connectivity index (χ0) is 14.7. The number of pyridine rings is 1. The van der Waals surface area contributed by atoms with E-state index in [0.717, 1.165) is 5.39 Å². The maximum Gasteiger partial charge on any atom is 0.308 e. The molecule has 0 radical (unpaired) electrons. The summed E-state index contributed by atoms with van der Waals surface area (Å²) in [6, 6.07) is 7.28. The van der Waals surface area contributed by atoms with Gasteiger partial charge in [-0.15, -0.1) is 0 Å². The van der Waals surface area contributed by atoms with Gasteiger partial charge < -0.3 is 16.2 Å². The van der Waals surface area contributed by atoms with Gasteiger partial charge in [-0.05, 0) is 6.07 Å². The Morgan fingerprint density at radius 3 is 2.75 bits per heavy atom. The topological polar surface area (TPSA) is 105 Å². The van der Waals surface area contributed by atoms with Crippen LogP contribution < -0.4 is 11.1 Å². The number of hydrogen-bond acceptors (Lipinski definition) is 4. The zero-order valence-corrected chi connectivity index (χ0v) is 11.0. The van der Waals surface area contributed by atoms with E-state index in [9.17, 15) is 9.59 Å². The van der Waals surface area contributed by atoms with E-state index < -0.39 is 17.8 Å². The maximum atomic E-state index is 11.5. The first kappa shape index (κ1) is 13.8. The summed E-state index contributed by atoms with van der Waals surface area (Å²) in [4.78, 5) is 26.5. The molecule has 0 aliphatic heterocycles. The Balaban J connectivity index is 2.44. The van der Waals surface area contributed by atoms with Gasteiger partial charge in [-0.3, -0.25) is 14.6 Å². The molecule has 1 aromatic carbocycles. The normalized spacial score (nSPS) is 12.1. The fourth-order valence-electron chi connectivity index (χ4n) is 1.86. The highest BCUT2D eigenvalue weighted by Gasteiger charge is 2.16. The first-order chi connectivity index (χ1) is 9.50. The Morgan fingerprint density at radius 1 is 1.40 bits per heavy atom. The Hall–Kier alpha value is -2.63. The van der Waals surface area contributed by atoms with Crippen molar-refractivity contribution in [3.63, 3.8) is 0 Å². The van der Waals surface area contributed by atoms with E-state index in [0.29, 0.717) is 11.2 Å². The summed E-state index contributed by atoms with van der Waals surface area (Å²) in [7, 11) is 0. The number of nitrogens with two attached hydrogens (primary N) is 1. The minimum absolute atomic E-state index is 0.198. The van der Waals surface area contributed by atoms with E-state index in [1.807, 2.05) is 24.3 Å². The number of carbonyl (C=O) groups is 2. The van der Waals surface area contributed by atoms with Gasteiger partial charge in [0.2, 0.25) is 0 Å². The number of primary amides is 1. The first-order valence-corrected chi connectivity index (χ1v) is 6.15. The third kappa shape index (κ3) is 2.69. The molecule has 1 unspecified atom stereocenters. The number of hydrogen-bond donors (Lipinski definition) is 3. The predicted octanol–water partition coefficient (Wildman–Crippen LogP) is 1.47. The molecule has 0 bridgehead atoms. The molecule has 0 aliphatic carbocycles. The number of carbonyl (C=O) groups excluding carboxylic acids is 1. The average Bonchev–Trinajstić information content (AvgIpc) is 2.43. The third-order valence-corrected chi connectivity index (χ3v) is 3.05. The number of para-hydroxylation sites is 1. The fraction of sp³-hybridized carbons (Fsp3) is 0.214. The average molecular weight is 273 g/mol. The van der Waals surface area contributed by atoms with Gasteiger partial charge in [0.25, 0.3) is 5.91 Å². The van der Waals surface area contributed by atoms with E-state index in [1.165, 1.54) is 6.20 Å². The number of nitrogens with one attached hydrogen (secondary N) is 1. The highest BCUT2D eigenvalue weighted by Crippen LogP contribution is 2.25. The zero-order valence-electron chi connectivity index (χ0n) is 11.0. The molecule has 0 aliphatic rings. The number of carboxylic acid groups (broad SMARTS) is 1. The Morgan fingerprint density at radius 2 is 2.10 bits per heavy atom. The molecule has 1 aromatic heterocycles. The number of fused-ring (bicyclic) bond motifs is 1. The Bertz CT molecular complexity index is 670. The van der Waals surface area contributed by atoms with Crippen LogP contribution in [0.4, 0.5) is 5.69 Å². The van der Waals surface area contributed by atoms with Crippen LogP contribution in [0.1, 0.15) is 17.3 Å². The molecule has 1 amide bonds. The fourth-order valence-corrected chi connectivity index (χ4v) is 1.86. The molecule has 0 saturated heterocycles. The smallest absolute Gasteiger partial charge is 0.308 e. The van der Waals surface area contributed by atoms with Crippen molar-refractivity contribution in [3.8, 4) is 0 Å². The second-order valence-corrected chi connectivity index (χ2v) is 4.55. The van der Waals surface area contributed by atoms with Gasteiger partial charge in [-0.1, -0.05) is 25.1 Å². The van der Waals surface area contributed by atoms with Crippen LogP contribution in [0.3, 0.4) is 0 Å². The van der Waals surface area contributed by atoms with Crippen molar-refractivity contribution < 1.29 is 14.7 Å². The van der Waals surface area contributed by atoms with E-state index in [1.54, 1.807) is 6.92 Å². The lowest BCUT2D eigenvalue weighted by molar-refractivity contribution is -0.140. The van der Waals surface area contributed by atoms with Crippen LogP contribution in [0, 0.1) is 5.92 Å². The van der Waals surface area contributed by atoms with E-state index in [-0.39, 0.29) is 12.1 Å². The molecule has 0 fully saturated rings. The number of rotatable bonds is 5. The van der Waals surface area contributed by atoms with Gasteiger partial charge in [0.05, 0.1) is 22.7 Å². The summed E-state index contributed by atoms with van der Waals surface area (Å²) in [6.45, 7) is 1.78. The summed E-state index contributed by atoms with van der Waals surface area (Å²) < 4.78 is 0. The van der Waals surface area contributed by atoms with Gasteiger partial charge in [0, 0.05) is 18.1 Å². The summed E-state index contributed by atoms with van der Waals surface area (Å²) in [5.41, 5.74) is 6.82. The molecule has 2 rings (SSSR count). The van der Waals surface area contributed by atoms with Crippen LogP contribution in [0.2, 0.25) is 0 Å². The number of amides is 1. The van der Waals surface area contributed by atoms with Crippen molar-refractivity contribution >= 4 is 28.5 Å². The first-order valence-electron chi connectivity index (χ1n) is 6.15. The standard InChI is InChI=1S/C14H15N3O3/c1-8(14(19)20)6-17-12-9-4-2-3-5-11(9)16-7-10(12)13(15)18/h2-5,7-8H,6H2,1H3,(H2,15,18)(H,16,17)(H,19,20). The quantitative estimate of drug-likeness (QED) is 0.765. The number of carboxylic acids is 1. The molecular weight excluding hydrogens is 258 g/mol. The molecule has 6 nitrogen and oxygen atoms in total. The molecule has 0 spiro atoms. The molecule has 6 heteroatoms. The highest BCUT2D eigenvalue weighted by atomic mass is 16.4. The van der Waals surface area contributed by atoms with Gasteiger partial charge in [0.15, 0.2) is 0 Å². The summed E-state index contributed by atoms with van der Waals surface area (Å²) in [5.74, 6) is -2.09. The summed E-state index contributed by atoms with van der Waals surface area (Å²) in [5, 5.41) is 12.6. The lowest BCUT2D eigenvalue weighted by Crippen LogP contribution is -2.22. The van der Waals surface area contributed by atoms with Crippen molar-refractivity contribution in [2.75, 3.05) is 11.9 Å². The maximum absolute atomic E-state index is 11.5. The van der Waals surface area contributed by atoms with Crippen LogP contribution in [0.5, 0.6) is 0 Å². The van der Waals surface area contributed by atoms with Crippen molar-refractivity contribution in [1.29, 1.82) is 0 Å². The second kappa shape index (κ2) is 5.56. The molecular formula is C14H15N3O3. The van der Waals surface area contributed by atoms with E-state index in [4.69, 9.17) is 10.8 Å². The molecule has 1 heterocycles. The van der Waals surface area contributed by atoms with Gasteiger partial charge in [0.1, 0.15) is 0 Å². The summed E-state index contributed by atoms with van der Waals surface area (Å²) in [6.07, 6.45) is 1.40. The van der Waals surface area contributed by atoms with Crippen molar-refractivity contribution in [2.45, 2.75) is 6.92 Å².